The van der Waals surface area contributed by atoms with Gasteiger partial charge in [0.05, 0.1) is 5.75 Å². The van der Waals surface area contributed by atoms with Gasteiger partial charge in [0.2, 0.25) is 5.91 Å². The van der Waals surface area contributed by atoms with Crippen LogP contribution in [0.15, 0.2) is 34.2 Å². The van der Waals surface area contributed by atoms with Crippen molar-refractivity contribution >= 4 is 17.7 Å². The van der Waals surface area contributed by atoms with Crippen LogP contribution in [0.25, 0.3) is 0 Å². The molecule has 5 nitrogen and oxygen atoms in total. The number of nitrogens with one attached hydrogen (secondary N) is 1. The second kappa shape index (κ2) is 8.80. The number of halogens is 1. The van der Waals surface area contributed by atoms with Gasteiger partial charge in [-0.3, -0.25) is 14.2 Å². The van der Waals surface area contributed by atoms with Crippen molar-refractivity contribution in [1.82, 2.24) is 14.9 Å². The molecule has 0 unspecified atom stereocenters. The molecule has 0 saturated heterocycles. The summed E-state index contributed by atoms with van der Waals surface area (Å²) in [6.07, 6.45) is 1.07. The molecule has 0 saturated carbocycles. The summed E-state index contributed by atoms with van der Waals surface area (Å²) in [7, 11) is 1.62. The number of aryl methyl sites for hydroxylation is 1. The molecule has 0 spiro atoms. The predicted octanol–water partition coefficient (Wildman–Crippen LogP) is 2.44. The highest BCUT2D eigenvalue weighted by Crippen LogP contribution is 2.17. The lowest BCUT2D eigenvalue weighted by molar-refractivity contribution is -0.118. The minimum Gasteiger partial charge on any atom is -0.355 e. The Labute approximate surface area is 150 Å². The molecule has 0 atom stereocenters. The standard InChI is InChI=1S/C18H22FN3O2S/c1-4-9-20-16(23)11-25-18-21-12(2)14(17(24)22(18)3)10-13-7-5-6-8-15(13)19/h5-8H,4,9-11H2,1-3H3,(H,20,23). The Hall–Kier alpha value is -2.15. The molecule has 134 valence electrons. The van der Waals surface area contributed by atoms with Crippen LogP contribution in [0, 0.1) is 12.7 Å². The van der Waals surface area contributed by atoms with E-state index in [0.717, 1.165) is 6.42 Å². The van der Waals surface area contributed by atoms with Crippen molar-refractivity contribution in [2.75, 3.05) is 12.3 Å². The first-order chi connectivity index (χ1) is 11.9. The van der Waals surface area contributed by atoms with E-state index in [0.29, 0.717) is 28.5 Å². The van der Waals surface area contributed by atoms with Gasteiger partial charge in [-0.05, 0) is 25.0 Å². The molecule has 0 radical (unpaired) electrons. The average Bonchev–Trinajstić information content (AvgIpc) is 2.60. The minimum absolute atomic E-state index is 0.0887. The van der Waals surface area contributed by atoms with Crippen LogP contribution < -0.4 is 10.9 Å². The molecule has 0 fully saturated rings. The maximum absolute atomic E-state index is 13.9. The third kappa shape index (κ3) is 4.92. The molecule has 1 heterocycles. The molecule has 2 rings (SSSR count). The minimum atomic E-state index is -0.338. The summed E-state index contributed by atoms with van der Waals surface area (Å²) in [5.74, 6) is -0.226. The summed E-state index contributed by atoms with van der Waals surface area (Å²) in [6, 6.07) is 6.40. The molecular formula is C18H22FN3O2S. The normalized spacial score (nSPS) is 10.7. The first-order valence-corrected chi connectivity index (χ1v) is 9.12. The van der Waals surface area contributed by atoms with Gasteiger partial charge >= 0.3 is 0 Å². The van der Waals surface area contributed by atoms with Crippen molar-refractivity contribution in [2.24, 2.45) is 7.05 Å². The molecule has 1 amide bonds. The highest BCUT2D eigenvalue weighted by atomic mass is 32.2. The Morgan fingerprint density at radius 1 is 1.36 bits per heavy atom. The van der Waals surface area contributed by atoms with E-state index in [4.69, 9.17) is 0 Å². The fourth-order valence-electron chi connectivity index (χ4n) is 2.34. The lowest BCUT2D eigenvalue weighted by atomic mass is 10.0. The maximum atomic E-state index is 13.9. The van der Waals surface area contributed by atoms with Gasteiger partial charge < -0.3 is 5.32 Å². The highest BCUT2D eigenvalue weighted by Gasteiger charge is 2.15. The van der Waals surface area contributed by atoms with Crippen LogP contribution in [0.4, 0.5) is 4.39 Å². The Kier molecular flexibility index (Phi) is 6.75. The third-order valence-corrected chi connectivity index (χ3v) is 4.81. The van der Waals surface area contributed by atoms with Crippen molar-refractivity contribution in [2.45, 2.75) is 31.8 Å². The van der Waals surface area contributed by atoms with E-state index in [2.05, 4.69) is 10.3 Å². The van der Waals surface area contributed by atoms with Crippen molar-refractivity contribution in [3.05, 3.63) is 57.3 Å². The smallest absolute Gasteiger partial charge is 0.257 e. The van der Waals surface area contributed by atoms with E-state index in [-0.39, 0.29) is 29.5 Å². The van der Waals surface area contributed by atoms with Crippen LogP contribution >= 0.6 is 11.8 Å². The number of aromatic nitrogens is 2. The fraction of sp³-hybridized carbons (Fsp3) is 0.389. The summed E-state index contributed by atoms with van der Waals surface area (Å²) in [6.45, 7) is 4.35. The zero-order valence-electron chi connectivity index (χ0n) is 14.6. The van der Waals surface area contributed by atoms with Crippen LogP contribution in [0.2, 0.25) is 0 Å². The van der Waals surface area contributed by atoms with Crippen molar-refractivity contribution in [1.29, 1.82) is 0 Å². The number of amides is 1. The number of carbonyl (C=O) groups is 1. The summed E-state index contributed by atoms with van der Waals surface area (Å²) in [4.78, 5) is 28.8. The summed E-state index contributed by atoms with van der Waals surface area (Å²) < 4.78 is 15.3. The number of hydrogen-bond donors (Lipinski definition) is 1. The molecular weight excluding hydrogens is 341 g/mol. The number of benzene rings is 1. The molecule has 0 aliphatic heterocycles. The quantitative estimate of drug-likeness (QED) is 0.606. The Morgan fingerprint density at radius 3 is 2.76 bits per heavy atom. The van der Waals surface area contributed by atoms with Crippen molar-refractivity contribution < 1.29 is 9.18 Å². The van der Waals surface area contributed by atoms with Gasteiger partial charge in [0.25, 0.3) is 5.56 Å². The first kappa shape index (κ1) is 19.2. The van der Waals surface area contributed by atoms with E-state index >= 15 is 0 Å². The van der Waals surface area contributed by atoms with Crippen LogP contribution in [-0.4, -0.2) is 27.8 Å². The number of nitrogens with zero attached hydrogens (tertiary/aromatic N) is 2. The molecule has 7 heteroatoms. The number of thioether (sulfide) groups is 1. The summed E-state index contributed by atoms with van der Waals surface area (Å²) >= 11 is 1.22. The lowest BCUT2D eigenvalue weighted by Gasteiger charge is -2.12. The van der Waals surface area contributed by atoms with Crippen molar-refractivity contribution in [3.63, 3.8) is 0 Å². The summed E-state index contributed by atoms with van der Waals surface area (Å²) in [5, 5.41) is 3.26. The monoisotopic (exact) mass is 363 g/mol. The Morgan fingerprint density at radius 2 is 2.08 bits per heavy atom. The maximum Gasteiger partial charge on any atom is 0.257 e. The third-order valence-electron chi connectivity index (χ3n) is 3.78. The second-order valence-corrected chi connectivity index (χ2v) is 6.67. The molecule has 1 N–H and O–H groups in total. The zero-order valence-corrected chi connectivity index (χ0v) is 15.5. The van der Waals surface area contributed by atoms with E-state index < -0.39 is 0 Å². The largest absolute Gasteiger partial charge is 0.355 e. The number of rotatable bonds is 7. The van der Waals surface area contributed by atoms with E-state index in [1.807, 2.05) is 6.92 Å². The van der Waals surface area contributed by atoms with Crippen LogP contribution in [0.1, 0.15) is 30.2 Å². The predicted molar refractivity (Wildman–Crippen MR) is 97.4 cm³/mol. The van der Waals surface area contributed by atoms with Gasteiger partial charge in [-0.25, -0.2) is 9.37 Å². The molecule has 1 aromatic heterocycles. The highest BCUT2D eigenvalue weighted by molar-refractivity contribution is 7.99. The average molecular weight is 363 g/mol. The van der Waals surface area contributed by atoms with Gasteiger partial charge in [-0.15, -0.1) is 0 Å². The topological polar surface area (TPSA) is 64.0 Å². The van der Waals surface area contributed by atoms with Crippen molar-refractivity contribution in [3.8, 4) is 0 Å². The number of hydrogen-bond acceptors (Lipinski definition) is 4. The van der Waals surface area contributed by atoms with E-state index in [9.17, 15) is 14.0 Å². The molecule has 1 aromatic carbocycles. The van der Waals surface area contributed by atoms with Gasteiger partial charge in [0.1, 0.15) is 5.82 Å². The van der Waals surface area contributed by atoms with Gasteiger partial charge in [0, 0.05) is 31.3 Å². The SMILES string of the molecule is CCCNC(=O)CSc1nc(C)c(Cc2ccccc2F)c(=O)n1C. The van der Waals surface area contributed by atoms with Gasteiger partial charge in [-0.1, -0.05) is 36.9 Å². The molecule has 2 aromatic rings. The lowest BCUT2D eigenvalue weighted by Crippen LogP contribution is -2.28. The molecule has 25 heavy (non-hydrogen) atoms. The van der Waals surface area contributed by atoms with E-state index in [1.54, 1.807) is 32.2 Å². The number of carbonyl (C=O) groups excluding carboxylic acids is 1. The Bertz CT molecular complexity index is 820. The molecule has 0 aliphatic carbocycles. The van der Waals surface area contributed by atoms with Gasteiger partial charge in [-0.2, -0.15) is 0 Å². The van der Waals surface area contributed by atoms with Crippen LogP contribution in [-0.2, 0) is 18.3 Å². The van der Waals surface area contributed by atoms with Crippen LogP contribution in [0.3, 0.4) is 0 Å². The van der Waals surface area contributed by atoms with Gasteiger partial charge in [0.15, 0.2) is 5.16 Å². The molecule has 0 aliphatic rings. The Balaban J connectivity index is 2.20. The zero-order chi connectivity index (χ0) is 18.4. The van der Waals surface area contributed by atoms with Crippen LogP contribution in [0.5, 0.6) is 0 Å². The van der Waals surface area contributed by atoms with E-state index in [1.165, 1.54) is 22.4 Å². The summed E-state index contributed by atoms with van der Waals surface area (Å²) in [5.41, 5.74) is 1.27. The first-order valence-electron chi connectivity index (χ1n) is 8.13. The second-order valence-electron chi connectivity index (χ2n) is 5.73. The fourth-order valence-corrected chi connectivity index (χ4v) is 3.18. The molecule has 0 bridgehead atoms.